The molecule has 3 fully saturated rings. The zero-order valence-electron chi connectivity index (χ0n) is 28.8. The molecule has 6 rings (SSSR count). The number of aryl methyl sites for hydroxylation is 1. The summed E-state index contributed by atoms with van der Waals surface area (Å²) < 4.78 is 29.3. The Morgan fingerprint density at radius 2 is 1.55 bits per heavy atom. The molecule has 3 aliphatic rings. The van der Waals surface area contributed by atoms with Crippen molar-refractivity contribution in [2.24, 2.45) is 13.0 Å². The van der Waals surface area contributed by atoms with Gasteiger partial charge >= 0.3 is 6.03 Å². The third-order valence-corrected chi connectivity index (χ3v) is 9.97. The summed E-state index contributed by atoms with van der Waals surface area (Å²) in [6.07, 6.45) is 3.03. The van der Waals surface area contributed by atoms with Gasteiger partial charge in [-0.2, -0.15) is 5.10 Å². The second kappa shape index (κ2) is 16.0. The minimum atomic E-state index is -2.79. The molecule has 0 bridgehead atoms. The standard InChI is InChI=1S/C37H46F2N8O4/c1-45-31(15-18-40-45)33(48)44-32(27-13-16-37(38,39)17-14-27)34(49)41-28-9-7-25(8-10-28)23-30(43-36(51)42-29-11-12-29)35(50)47-21-19-46(20-22-47)24-26-5-3-2-4-6-26/h2-10,15,18,27,29-30,32H,11-14,16-17,19-24H2,1H3,(H,41,49)(H,44,48)(H2,42,43,51). The average molecular weight is 705 g/mol. The largest absolute Gasteiger partial charge is 0.339 e. The number of anilines is 1. The number of piperazine rings is 1. The van der Waals surface area contributed by atoms with Gasteiger partial charge in [0.05, 0.1) is 0 Å². The van der Waals surface area contributed by atoms with Crippen molar-refractivity contribution in [1.29, 1.82) is 0 Å². The molecule has 272 valence electrons. The summed E-state index contributed by atoms with van der Waals surface area (Å²) in [5, 5.41) is 15.4. The van der Waals surface area contributed by atoms with E-state index in [0.717, 1.165) is 38.0 Å². The molecule has 12 nitrogen and oxygen atoms in total. The molecule has 0 spiro atoms. The minimum absolute atomic E-state index is 0.0918. The number of carbonyl (C=O) groups excluding carboxylic acids is 4. The van der Waals surface area contributed by atoms with Crippen LogP contribution in [0.15, 0.2) is 66.9 Å². The number of rotatable bonds is 12. The molecule has 3 aromatic rings. The predicted octanol–water partition coefficient (Wildman–Crippen LogP) is 3.70. The Balaban J connectivity index is 1.09. The summed E-state index contributed by atoms with van der Waals surface area (Å²) >= 11 is 0. The Hall–Kier alpha value is -4.85. The lowest BCUT2D eigenvalue weighted by Gasteiger charge is -2.36. The lowest BCUT2D eigenvalue weighted by Crippen LogP contribution is -2.56. The van der Waals surface area contributed by atoms with Gasteiger partial charge in [-0.3, -0.25) is 24.0 Å². The third-order valence-electron chi connectivity index (χ3n) is 9.97. The number of urea groups is 1. The van der Waals surface area contributed by atoms with Crippen LogP contribution in [0.1, 0.15) is 60.1 Å². The molecule has 1 aromatic heterocycles. The van der Waals surface area contributed by atoms with E-state index in [9.17, 15) is 28.0 Å². The number of nitrogens with one attached hydrogen (secondary N) is 4. The highest BCUT2D eigenvalue weighted by atomic mass is 19.3. The van der Waals surface area contributed by atoms with Gasteiger partial charge in [-0.25, -0.2) is 13.6 Å². The van der Waals surface area contributed by atoms with Gasteiger partial charge in [-0.1, -0.05) is 42.5 Å². The lowest BCUT2D eigenvalue weighted by atomic mass is 9.81. The Labute approximate surface area is 296 Å². The van der Waals surface area contributed by atoms with E-state index < -0.39 is 35.7 Å². The Morgan fingerprint density at radius 3 is 2.18 bits per heavy atom. The number of benzene rings is 2. The molecular formula is C37H46F2N8O4. The van der Waals surface area contributed by atoms with Crippen LogP contribution in [0.5, 0.6) is 0 Å². The fourth-order valence-corrected chi connectivity index (χ4v) is 6.79. The van der Waals surface area contributed by atoms with Gasteiger partial charge in [0.25, 0.3) is 5.91 Å². The summed E-state index contributed by atoms with van der Waals surface area (Å²) in [4.78, 5) is 57.3. The van der Waals surface area contributed by atoms with E-state index in [1.165, 1.54) is 22.5 Å². The quantitative estimate of drug-likeness (QED) is 0.227. The van der Waals surface area contributed by atoms with Crippen LogP contribution in [0, 0.1) is 5.92 Å². The maximum absolute atomic E-state index is 14.0. The molecule has 51 heavy (non-hydrogen) atoms. The Bertz CT molecular complexity index is 1660. The van der Waals surface area contributed by atoms with Crippen LogP contribution in [0.25, 0.3) is 0 Å². The molecule has 2 saturated carbocycles. The lowest BCUT2D eigenvalue weighted by molar-refractivity contribution is -0.135. The van der Waals surface area contributed by atoms with E-state index in [-0.39, 0.29) is 55.8 Å². The van der Waals surface area contributed by atoms with E-state index in [0.29, 0.717) is 18.8 Å². The molecule has 2 aliphatic carbocycles. The number of halogens is 2. The van der Waals surface area contributed by atoms with Crippen LogP contribution < -0.4 is 21.3 Å². The van der Waals surface area contributed by atoms with Crippen molar-refractivity contribution in [2.45, 2.75) is 75.5 Å². The molecule has 2 aromatic carbocycles. The van der Waals surface area contributed by atoms with E-state index in [4.69, 9.17) is 0 Å². The van der Waals surface area contributed by atoms with Crippen LogP contribution in [-0.2, 0) is 29.6 Å². The number of carbonyl (C=O) groups is 4. The zero-order valence-corrected chi connectivity index (χ0v) is 28.8. The molecule has 0 radical (unpaired) electrons. The first-order valence-corrected chi connectivity index (χ1v) is 17.7. The number of aromatic nitrogens is 2. The fourth-order valence-electron chi connectivity index (χ4n) is 6.79. The maximum atomic E-state index is 14.0. The van der Waals surface area contributed by atoms with Crippen LogP contribution >= 0.6 is 0 Å². The van der Waals surface area contributed by atoms with Crippen LogP contribution in [0.3, 0.4) is 0 Å². The average Bonchev–Trinajstić information content (AvgIpc) is 3.83. The van der Waals surface area contributed by atoms with Crippen molar-refractivity contribution in [1.82, 2.24) is 35.5 Å². The van der Waals surface area contributed by atoms with Gasteiger partial charge in [0.1, 0.15) is 17.8 Å². The highest BCUT2D eigenvalue weighted by Crippen LogP contribution is 2.38. The van der Waals surface area contributed by atoms with Crippen LogP contribution in [-0.4, -0.2) is 93.6 Å². The molecular weight excluding hydrogens is 658 g/mol. The van der Waals surface area contributed by atoms with Gasteiger partial charge in [-0.05, 0) is 60.9 Å². The van der Waals surface area contributed by atoms with Crippen molar-refractivity contribution in [3.63, 3.8) is 0 Å². The second-order valence-corrected chi connectivity index (χ2v) is 13.9. The normalized spacial score (nSPS) is 19.1. The van der Waals surface area contributed by atoms with Gasteiger partial charge in [0.15, 0.2) is 0 Å². The molecule has 4 N–H and O–H groups in total. The smallest absolute Gasteiger partial charge is 0.315 e. The van der Waals surface area contributed by atoms with Crippen molar-refractivity contribution in [3.8, 4) is 0 Å². The first-order valence-electron chi connectivity index (χ1n) is 17.7. The van der Waals surface area contributed by atoms with Gasteiger partial charge in [0.2, 0.25) is 17.7 Å². The molecule has 14 heteroatoms. The summed E-state index contributed by atoms with van der Waals surface area (Å²) in [6.45, 7) is 3.36. The third kappa shape index (κ3) is 9.90. The molecule has 2 unspecified atom stereocenters. The monoisotopic (exact) mass is 704 g/mol. The number of hydrogen-bond acceptors (Lipinski definition) is 6. The fraction of sp³-hybridized carbons (Fsp3) is 0.486. The highest BCUT2D eigenvalue weighted by molar-refractivity contribution is 6.00. The molecule has 1 aliphatic heterocycles. The van der Waals surface area contributed by atoms with Crippen molar-refractivity contribution in [3.05, 3.63) is 83.7 Å². The van der Waals surface area contributed by atoms with E-state index >= 15 is 0 Å². The van der Waals surface area contributed by atoms with E-state index in [2.05, 4.69) is 43.4 Å². The van der Waals surface area contributed by atoms with Crippen LogP contribution in [0.4, 0.5) is 19.3 Å². The van der Waals surface area contributed by atoms with Crippen molar-refractivity contribution < 1.29 is 28.0 Å². The van der Waals surface area contributed by atoms with Gasteiger partial charge in [0, 0.05) is 77.0 Å². The van der Waals surface area contributed by atoms with Gasteiger partial charge < -0.3 is 26.2 Å². The number of nitrogens with zero attached hydrogens (tertiary/aromatic N) is 4. The predicted molar refractivity (Wildman–Crippen MR) is 187 cm³/mol. The van der Waals surface area contributed by atoms with Crippen molar-refractivity contribution >= 4 is 29.4 Å². The molecule has 2 atom stereocenters. The topological polar surface area (TPSA) is 141 Å². The molecule has 5 amide bonds. The highest BCUT2D eigenvalue weighted by Gasteiger charge is 2.40. The van der Waals surface area contributed by atoms with Gasteiger partial charge in [-0.15, -0.1) is 0 Å². The summed E-state index contributed by atoms with van der Waals surface area (Å²) in [5.41, 5.74) is 2.69. The summed E-state index contributed by atoms with van der Waals surface area (Å²) in [5.74, 6) is -4.44. The Morgan fingerprint density at radius 1 is 0.863 bits per heavy atom. The first kappa shape index (κ1) is 36.0. The zero-order chi connectivity index (χ0) is 36.0. The number of hydrogen-bond donors (Lipinski definition) is 4. The SMILES string of the molecule is Cn1nccc1C(=O)NC(C(=O)Nc1ccc(CC(NC(=O)NC2CC2)C(=O)N2CCN(Cc3ccccc3)CC2)cc1)C1CCC(F)(F)CC1. The van der Waals surface area contributed by atoms with E-state index in [1.807, 2.05) is 18.2 Å². The minimum Gasteiger partial charge on any atom is -0.339 e. The summed E-state index contributed by atoms with van der Waals surface area (Å²) in [6, 6.07) is 16.6. The second-order valence-electron chi connectivity index (χ2n) is 13.9. The van der Waals surface area contributed by atoms with Crippen molar-refractivity contribution in [2.75, 3.05) is 31.5 Å². The van der Waals surface area contributed by atoms with Crippen LogP contribution in [0.2, 0.25) is 0 Å². The molecule has 2 heterocycles. The maximum Gasteiger partial charge on any atom is 0.315 e. The Kier molecular flexibility index (Phi) is 11.3. The summed E-state index contributed by atoms with van der Waals surface area (Å²) in [7, 11) is 1.60. The number of alkyl halides is 2. The number of amides is 5. The van der Waals surface area contributed by atoms with E-state index in [1.54, 1.807) is 36.2 Å². The molecule has 1 saturated heterocycles. The first-order chi connectivity index (χ1) is 24.5.